The first-order chi connectivity index (χ1) is 8.30. The maximum absolute atomic E-state index is 12.9. The summed E-state index contributed by atoms with van der Waals surface area (Å²) in [5.41, 5.74) is -2.29. The van der Waals surface area contributed by atoms with Gasteiger partial charge in [-0.1, -0.05) is 0 Å². The van der Waals surface area contributed by atoms with E-state index in [-0.39, 0.29) is 5.52 Å². The van der Waals surface area contributed by atoms with Gasteiger partial charge in [0.2, 0.25) is 0 Å². The second-order valence-electron chi connectivity index (χ2n) is 3.55. The molecule has 94 valence electrons. The zero-order valence-electron chi connectivity index (χ0n) is 8.69. The van der Waals surface area contributed by atoms with Crippen molar-refractivity contribution in [3.05, 3.63) is 35.5 Å². The number of hydrogen-bond acceptors (Lipinski definition) is 3. The van der Waals surface area contributed by atoms with E-state index in [4.69, 9.17) is 5.11 Å². The highest BCUT2D eigenvalue weighted by atomic mass is 19.4. The molecule has 0 spiro atoms. The Bertz CT molecular complexity index is 637. The van der Waals surface area contributed by atoms with Crippen LogP contribution < -0.4 is 0 Å². The number of carboxylic acid groups (broad SMARTS) is 1. The smallest absolute Gasteiger partial charge is 0.417 e. The maximum Gasteiger partial charge on any atom is 0.417 e. The monoisotopic (exact) mass is 257 g/mol. The molecule has 2 rings (SSSR count). The quantitative estimate of drug-likeness (QED) is 0.823. The van der Waals surface area contributed by atoms with E-state index in [0.29, 0.717) is 6.20 Å². The van der Waals surface area contributed by atoms with Gasteiger partial charge < -0.3 is 10.2 Å². The maximum atomic E-state index is 12.9. The number of carboxylic acids is 1. The first kappa shape index (κ1) is 12.2. The number of nitrogens with zero attached hydrogens (tertiary/aromatic N) is 1. The van der Waals surface area contributed by atoms with Crippen molar-refractivity contribution in [1.29, 1.82) is 0 Å². The Kier molecular flexibility index (Phi) is 2.61. The van der Waals surface area contributed by atoms with Gasteiger partial charge in [-0.25, -0.2) is 4.79 Å². The number of aromatic nitrogens is 1. The standard InChI is InChI=1S/C11H6F3NO3/c12-11(13,14)9-6-3-5(16)1-2-8(6)15-4-7(9)10(17)18/h1-4,16H,(H,17,18). The molecule has 0 atom stereocenters. The van der Waals surface area contributed by atoms with Crippen molar-refractivity contribution in [3.8, 4) is 5.75 Å². The third kappa shape index (κ3) is 1.94. The van der Waals surface area contributed by atoms with E-state index >= 15 is 0 Å². The average Bonchev–Trinajstić information content (AvgIpc) is 2.25. The number of alkyl halides is 3. The number of phenolic OH excluding ortho intramolecular Hbond substituents is 1. The Morgan fingerprint density at radius 1 is 1.28 bits per heavy atom. The van der Waals surface area contributed by atoms with Crippen LogP contribution in [0.15, 0.2) is 24.4 Å². The number of halogens is 3. The molecule has 0 fully saturated rings. The van der Waals surface area contributed by atoms with Crippen molar-refractivity contribution in [2.75, 3.05) is 0 Å². The molecular formula is C11H6F3NO3. The van der Waals surface area contributed by atoms with Crippen molar-refractivity contribution in [2.24, 2.45) is 0 Å². The molecule has 0 unspecified atom stereocenters. The van der Waals surface area contributed by atoms with Gasteiger partial charge in [-0.2, -0.15) is 13.2 Å². The van der Waals surface area contributed by atoms with Crippen LogP contribution in [-0.2, 0) is 6.18 Å². The number of aromatic carboxylic acids is 1. The zero-order valence-corrected chi connectivity index (χ0v) is 8.69. The van der Waals surface area contributed by atoms with Gasteiger partial charge in [-0.15, -0.1) is 0 Å². The van der Waals surface area contributed by atoms with Gasteiger partial charge in [0, 0.05) is 11.6 Å². The number of pyridine rings is 1. The molecule has 0 amide bonds. The Morgan fingerprint density at radius 2 is 1.94 bits per heavy atom. The summed E-state index contributed by atoms with van der Waals surface area (Å²) in [5.74, 6) is -2.11. The van der Waals surface area contributed by atoms with E-state index in [1.807, 2.05) is 0 Å². The molecule has 18 heavy (non-hydrogen) atoms. The van der Waals surface area contributed by atoms with Crippen LogP contribution in [0.3, 0.4) is 0 Å². The topological polar surface area (TPSA) is 70.4 Å². The third-order valence-electron chi connectivity index (χ3n) is 2.37. The van der Waals surface area contributed by atoms with Gasteiger partial charge in [0.1, 0.15) is 5.75 Å². The summed E-state index contributed by atoms with van der Waals surface area (Å²) in [5, 5.41) is 17.5. The number of rotatable bonds is 1. The van der Waals surface area contributed by atoms with E-state index in [9.17, 15) is 23.1 Å². The lowest BCUT2D eigenvalue weighted by molar-refractivity contribution is -0.136. The lowest BCUT2D eigenvalue weighted by Gasteiger charge is -2.13. The Labute approximate surface area is 98.3 Å². The summed E-state index contributed by atoms with van der Waals surface area (Å²) in [6.07, 6.45) is -4.19. The summed E-state index contributed by atoms with van der Waals surface area (Å²) < 4.78 is 38.7. The van der Waals surface area contributed by atoms with Crippen LogP contribution in [0.5, 0.6) is 5.75 Å². The number of benzene rings is 1. The summed E-state index contributed by atoms with van der Waals surface area (Å²) >= 11 is 0. The predicted molar refractivity (Wildman–Crippen MR) is 55.4 cm³/mol. The molecule has 2 aromatic rings. The number of phenols is 1. The molecular weight excluding hydrogens is 251 g/mol. The molecule has 2 N–H and O–H groups in total. The number of aromatic hydroxyl groups is 1. The Hall–Kier alpha value is -2.31. The molecule has 0 bridgehead atoms. The van der Waals surface area contributed by atoms with Crippen LogP contribution >= 0.6 is 0 Å². The minimum absolute atomic E-state index is 0.0369. The van der Waals surface area contributed by atoms with Gasteiger partial charge in [-0.3, -0.25) is 4.98 Å². The summed E-state index contributed by atoms with van der Waals surface area (Å²) in [6.45, 7) is 0. The molecule has 0 saturated heterocycles. The lowest BCUT2D eigenvalue weighted by Crippen LogP contribution is -2.14. The summed E-state index contributed by atoms with van der Waals surface area (Å²) in [4.78, 5) is 14.4. The fourth-order valence-electron chi connectivity index (χ4n) is 1.65. The van der Waals surface area contributed by atoms with E-state index in [1.54, 1.807) is 0 Å². The van der Waals surface area contributed by atoms with Crippen molar-refractivity contribution >= 4 is 16.9 Å². The third-order valence-corrected chi connectivity index (χ3v) is 2.37. The van der Waals surface area contributed by atoms with E-state index in [1.165, 1.54) is 12.1 Å². The van der Waals surface area contributed by atoms with Crippen molar-refractivity contribution in [3.63, 3.8) is 0 Å². The first-order valence-electron chi connectivity index (χ1n) is 4.73. The van der Waals surface area contributed by atoms with Crippen molar-refractivity contribution in [2.45, 2.75) is 6.18 Å². The fourth-order valence-corrected chi connectivity index (χ4v) is 1.65. The summed E-state index contributed by atoms with van der Waals surface area (Å²) in [6, 6.07) is 3.21. The molecule has 0 aliphatic carbocycles. The van der Waals surface area contributed by atoms with Crippen LogP contribution in [0.1, 0.15) is 15.9 Å². The zero-order chi connectivity index (χ0) is 13.5. The number of hydrogen-bond donors (Lipinski definition) is 2. The van der Waals surface area contributed by atoms with Crippen LogP contribution in [0.25, 0.3) is 10.9 Å². The van der Waals surface area contributed by atoms with E-state index in [2.05, 4.69) is 4.98 Å². The second kappa shape index (κ2) is 3.86. The highest BCUT2D eigenvalue weighted by molar-refractivity contribution is 5.96. The van der Waals surface area contributed by atoms with Gasteiger partial charge in [-0.05, 0) is 18.2 Å². The SMILES string of the molecule is O=C(O)c1cnc2ccc(O)cc2c1C(F)(F)F. The number of carbonyl (C=O) groups is 1. The van der Waals surface area contributed by atoms with Gasteiger partial charge in [0.25, 0.3) is 0 Å². The molecule has 1 aromatic heterocycles. The van der Waals surface area contributed by atoms with E-state index in [0.717, 1.165) is 6.07 Å². The van der Waals surface area contributed by atoms with Crippen LogP contribution in [0.4, 0.5) is 13.2 Å². The van der Waals surface area contributed by atoms with Crippen LogP contribution in [-0.4, -0.2) is 21.2 Å². The van der Waals surface area contributed by atoms with Crippen LogP contribution in [0, 0.1) is 0 Å². The molecule has 4 nitrogen and oxygen atoms in total. The van der Waals surface area contributed by atoms with Gasteiger partial charge >= 0.3 is 12.1 Å². The molecule has 7 heteroatoms. The Morgan fingerprint density at radius 3 is 2.50 bits per heavy atom. The highest BCUT2D eigenvalue weighted by Crippen LogP contribution is 2.37. The van der Waals surface area contributed by atoms with Crippen molar-refractivity contribution in [1.82, 2.24) is 4.98 Å². The van der Waals surface area contributed by atoms with Gasteiger partial charge in [0.15, 0.2) is 0 Å². The molecule has 0 radical (unpaired) electrons. The molecule has 0 aliphatic heterocycles. The second-order valence-corrected chi connectivity index (χ2v) is 3.55. The molecule has 0 aliphatic rings. The first-order valence-corrected chi connectivity index (χ1v) is 4.73. The van der Waals surface area contributed by atoms with Crippen molar-refractivity contribution < 1.29 is 28.2 Å². The average molecular weight is 257 g/mol. The van der Waals surface area contributed by atoms with E-state index < -0.39 is 34.4 Å². The molecule has 0 saturated carbocycles. The molecule has 1 heterocycles. The lowest BCUT2D eigenvalue weighted by atomic mass is 10.0. The Balaban J connectivity index is 2.93. The predicted octanol–water partition coefficient (Wildman–Crippen LogP) is 2.66. The highest BCUT2D eigenvalue weighted by Gasteiger charge is 2.37. The fraction of sp³-hybridized carbons (Fsp3) is 0.0909. The summed E-state index contributed by atoms with van der Waals surface area (Å²) in [7, 11) is 0. The largest absolute Gasteiger partial charge is 0.508 e. The number of fused-ring (bicyclic) bond motifs is 1. The van der Waals surface area contributed by atoms with Gasteiger partial charge in [0.05, 0.1) is 16.6 Å². The van der Waals surface area contributed by atoms with Crippen LogP contribution in [0.2, 0.25) is 0 Å². The minimum Gasteiger partial charge on any atom is -0.508 e. The normalized spacial score (nSPS) is 11.7. The minimum atomic E-state index is -4.84. The molecule has 1 aromatic carbocycles.